The summed E-state index contributed by atoms with van der Waals surface area (Å²) in [4.78, 5) is 12.3. The molecule has 2 N–H and O–H groups in total. The van der Waals surface area contributed by atoms with Gasteiger partial charge >= 0.3 is 0 Å². The molecule has 1 atom stereocenters. The number of benzene rings is 1. The summed E-state index contributed by atoms with van der Waals surface area (Å²) >= 11 is 0. The van der Waals surface area contributed by atoms with Crippen LogP contribution in [0.3, 0.4) is 0 Å². The molecule has 0 aliphatic carbocycles. The number of ether oxygens (including phenoxy) is 2. The molecule has 110 valence electrons. The zero-order valence-corrected chi connectivity index (χ0v) is 12.1. The molecule has 5 heteroatoms. The molecule has 1 fully saturated rings. The SMILES string of the molecule is CCNc1ccc(C)cc1C(=O)NCC1COCCO1. The fourth-order valence-electron chi connectivity index (χ4n) is 2.15. The Morgan fingerprint density at radius 3 is 2.95 bits per heavy atom. The standard InChI is InChI=1S/C15H22N2O3/c1-3-16-14-5-4-11(2)8-13(14)15(18)17-9-12-10-19-6-7-20-12/h4-5,8,12,16H,3,6-7,9-10H2,1-2H3,(H,17,18). The second-order valence-electron chi connectivity index (χ2n) is 4.86. The van der Waals surface area contributed by atoms with E-state index in [4.69, 9.17) is 9.47 Å². The molecule has 5 nitrogen and oxygen atoms in total. The Balaban J connectivity index is 1.98. The number of aryl methyl sites for hydroxylation is 1. The molecule has 1 aromatic rings. The van der Waals surface area contributed by atoms with Crippen molar-refractivity contribution in [2.45, 2.75) is 20.0 Å². The van der Waals surface area contributed by atoms with E-state index in [1.54, 1.807) is 0 Å². The number of rotatable bonds is 5. The van der Waals surface area contributed by atoms with Crippen LogP contribution in [0, 0.1) is 6.92 Å². The van der Waals surface area contributed by atoms with E-state index in [1.807, 2.05) is 32.0 Å². The lowest BCUT2D eigenvalue weighted by Gasteiger charge is -2.23. The molecule has 0 saturated carbocycles. The van der Waals surface area contributed by atoms with Gasteiger partial charge in [0.15, 0.2) is 0 Å². The largest absolute Gasteiger partial charge is 0.385 e. The van der Waals surface area contributed by atoms with Crippen molar-refractivity contribution >= 4 is 11.6 Å². The highest BCUT2D eigenvalue weighted by atomic mass is 16.6. The first-order valence-electron chi connectivity index (χ1n) is 7.02. The highest BCUT2D eigenvalue weighted by molar-refractivity contribution is 5.99. The van der Waals surface area contributed by atoms with Gasteiger partial charge in [0, 0.05) is 18.8 Å². The average Bonchev–Trinajstić information content (AvgIpc) is 2.48. The van der Waals surface area contributed by atoms with Gasteiger partial charge in [-0.1, -0.05) is 11.6 Å². The third-order valence-electron chi connectivity index (χ3n) is 3.16. The molecular formula is C15H22N2O3. The molecule has 1 aliphatic heterocycles. The summed E-state index contributed by atoms with van der Waals surface area (Å²) in [6, 6.07) is 5.83. The molecule has 1 saturated heterocycles. The Morgan fingerprint density at radius 2 is 2.25 bits per heavy atom. The summed E-state index contributed by atoms with van der Waals surface area (Å²) < 4.78 is 10.8. The Labute approximate surface area is 119 Å². The van der Waals surface area contributed by atoms with Crippen molar-refractivity contribution in [1.82, 2.24) is 5.32 Å². The first kappa shape index (κ1) is 14.8. The monoisotopic (exact) mass is 278 g/mol. The van der Waals surface area contributed by atoms with Crippen LogP contribution in [0.1, 0.15) is 22.8 Å². The van der Waals surface area contributed by atoms with E-state index < -0.39 is 0 Å². The lowest BCUT2D eigenvalue weighted by atomic mass is 10.1. The number of nitrogens with one attached hydrogen (secondary N) is 2. The van der Waals surface area contributed by atoms with Gasteiger partial charge in [-0.3, -0.25) is 4.79 Å². The van der Waals surface area contributed by atoms with E-state index in [0.717, 1.165) is 17.8 Å². The fraction of sp³-hybridized carbons (Fsp3) is 0.533. The van der Waals surface area contributed by atoms with Crippen LogP contribution in [0.2, 0.25) is 0 Å². The average molecular weight is 278 g/mol. The van der Waals surface area contributed by atoms with Crippen LogP contribution >= 0.6 is 0 Å². The number of hydrogen-bond donors (Lipinski definition) is 2. The zero-order chi connectivity index (χ0) is 14.4. The van der Waals surface area contributed by atoms with Crippen LogP contribution < -0.4 is 10.6 Å². The minimum atomic E-state index is -0.0844. The van der Waals surface area contributed by atoms with Crippen LogP contribution in [-0.4, -0.2) is 44.9 Å². The van der Waals surface area contributed by atoms with Crippen LogP contribution in [-0.2, 0) is 9.47 Å². The van der Waals surface area contributed by atoms with E-state index in [1.165, 1.54) is 0 Å². The van der Waals surface area contributed by atoms with Crippen molar-refractivity contribution in [2.75, 3.05) is 38.2 Å². The molecule has 20 heavy (non-hydrogen) atoms. The summed E-state index contributed by atoms with van der Waals surface area (Å²) in [6.45, 7) is 7.00. The lowest BCUT2D eigenvalue weighted by molar-refractivity contribution is -0.0855. The first-order chi connectivity index (χ1) is 9.70. The zero-order valence-electron chi connectivity index (χ0n) is 12.1. The summed E-state index contributed by atoms with van der Waals surface area (Å²) in [5.41, 5.74) is 2.59. The number of amides is 1. The number of hydrogen-bond acceptors (Lipinski definition) is 4. The molecule has 1 heterocycles. The second-order valence-corrected chi connectivity index (χ2v) is 4.86. The van der Waals surface area contributed by atoms with E-state index >= 15 is 0 Å². The van der Waals surface area contributed by atoms with Crippen molar-refractivity contribution in [2.24, 2.45) is 0 Å². The summed E-state index contributed by atoms with van der Waals surface area (Å²) in [6.07, 6.45) is -0.0555. The van der Waals surface area contributed by atoms with E-state index in [0.29, 0.717) is 31.9 Å². The van der Waals surface area contributed by atoms with Gasteiger partial charge in [0.05, 0.1) is 31.5 Å². The maximum atomic E-state index is 12.3. The van der Waals surface area contributed by atoms with Gasteiger partial charge in [0.25, 0.3) is 5.91 Å². The molecule has 1 unspecified atom stereocenters. The summed E-state index contributed by atoms with van der Waals surface area (Å²) in [7, 11) is 0. The normalized spacial score (nSPS) is 18.6. The van der Waals surface area contributed by atoms with Crippen molar-refractivity contribution in [1.29, 1.82) is 0 Å². The highest BCUT2D eigenvalue weighted by Crippen LogP contribution is 2.17. The summed E-state index contributed by atoms with van der Waals surface area (Å²) in [5.74, 6) is -0.0844. The van der Waals surface area contributed by atoms with Gasteiger partial charge in [-0.2, -0.15) is 0 Å². The summed E-state index contributed by atoms with van der Waals surface area (Å²) in [5, 5.41) is 6.12. The number of anilines is 1. The van der Waals surface area contributed by atoms with Crippen molar-refractivity contribution in [3.63, 3.8) is 0 Å². The lowest BCUT2D eigenvalue weighted by Crippen LogP contribution is -2.39. The van der Waals surface area contributed by atoms with Gasteiger partial charge in [-0.25, -0.2) is 0 Å². The molecule has 0 bridgehead atoms. The molecular weight excluding hydrogens is 256 g/mol. The first-order valence-corrected chi connectivity index (χ1v) is 7.02. The Hall–Kier alpha value is -1.59. The van der Waals surface area contributed by atoms with Crippen LogP contribution in [0.25, 0.3) is 0 Å². The van der Waals surface area contributed by atoms with Gasteiger partial charge in [0.2, 0.25) is 0 Å². The van der Waals surface area contributed by atoms with Crippen molar-refractivity contribution in [3.05, 3.63) is 29.3 Å². The molecule has 1 aliphatic rings. The minimum absolute atomic E-state index is 0.0555. The molecule has 0 radical (unpaired) electrons. The Morgan fingerprint density at radius 1 is 1.40 bits per heavy atom. The smallest absolute Gasteiger partial charge is 0.253 e. The van der Waals surface area contributed by atoms with Crippen molar-refractivity contribution in [3.8, 4) is 0 Å². The number of carbonyl (C=O) groups excluding carboxylic acids is 1. The number of carbonyl (C=O) groups is 1. The third kappa shape index (κ3) is 3.95. The maximum Gasteiger partial charge on any atom is 0.253 e. The predicted molar refractivity (Wildman–Crippen MR) is 78.2 cm³/mol. The highest BCUT2D eigenvalue weighted by Gasteiger charge is 2.17. The third-order valence-corrected chi connectivity index (χ3v) is 3.16. The van der Waals surface area contributed by atoms with Crippen LogP contribution in [0.5, 0.6) is 0 Å². The van der Waals surface area contributed by atoms with Crippen LogP contribution in [0.4, 0.5) is 5.69 Å². The van der Waals surface area contributed by atoms with Gasteiger partial charge in [-0.05, 0) is 26.0 Å². The van der Waals surface area contributed by atoms with Crippen molar-refractivity contribution < 1.29 is 14.3 Å². The topological polar surface area (TPSA) is 59.6 Å². The molecule has 1 aromatic carbocycles. The van der Waals surface area contributed by atoms with E-state index in [2.05, 4.69) is 10.6 Å². The van der Waals surface area contributed by atoms with E-state index in [-0.39, 0.29) is 12.0 Å². The molecule has 2 rings (SSSR count). The van der Waals surface area contributed by atoms with Gasteiger partial charge < -0.3 is 20.1 Å². The van der Waals surface area contributed by atoms with Gasteiger partial charge in [-0.15, -0.1) is 0 Å². The second kappa shape index (κ2) is 7.26. The maximum absolute atomic E-state index is 12.3. The molecule has 0 aromatic heterocycles. The predicted octanol–water partition coefficient (Wildman–Crippen LogP) is 1.57. The van der Waals surface area contributed by atoms with Gasteiger partial charge in [0.1, 0.15) is 0 Å². The quantitative estimate of drug-likeness (QED) is 0.858. The van der Waals surface area contributed by atoms with Crippen LogP contribution in [0.15, 0.2) is 18.2 Å². The van der Waals surface area contributed by atoms with E-state index in [9.17, 15) is 4.79 Å². The fourth-order valence-corrected chi connectivity index (χ4v) is 2.15. The molecule has 0 spiro atoms. The Kier molecular flexibility index (Phi) is 5.38. The Bertz CT molecular complexity index is 456. The minimum Gasteiger partial charge on any atom is -0.385 e. The molecule has 1 amide bonds.